The summed E-state index contributed by atoms with van der Waals surface area (Å²) in [5.41, 5.74) is 0.495. The van der Waals surface area contributed by atoms with E-state index in [9.17, 15) is 13.2 Å². The maximum atomic E-state index is 12.5. The summed E-state index contributed by atoms with van der Waals surface area (Å²) in [6, 6.07) is 11.9. The second kappa shape index (κ2) is 7.84. The van der Waals surface area contributed by atoms with Crippen LogP contribution in [0.5, 0.6) is 11.6 Å². The number of piperidine rings is 1. The lowest BCUT2D eigenvalue weighted by molar-refractivity contribution is -0.120. The van der Waals surface area contributed by atoms with Crippen LogP contribution in [0.1, 0.15) is 19.3 Å². The third-order valence-electron chi connectivity index (χ3n) is 4.15. The van der Waals surface area contributed by atoms with E-state index in [1.165, 1.54) is 10.5 Å². The van der Waals surface area contributed by atoms with E-state index in [2.05, 4.69) is 10.3 Å². The number of rotatable bonds is 5. The highest BCUT2D eigenvalue weighted by molar-refractivity contribution is 7.88. The zero-order valence-corrected chi connectivity index (χ0v) is 15.3. The van der Waals surface area contributed by atoms with Crippen molar-refractivity contribution in [1.29, 1.82) is 0 Å². The molecule has 0 spiro atoms. The molecule has 7 nitrogen and oxygen atoms in total. The maximum absolute atomic E-state index is 12.5. The molecule has 1 fully saturated rings. The molecule has 1 aromatic carbocycles. The van der Waals surface area contributed by atoms with Crippen LogP contribution >= 0.6 is 0 Å². The van der Waals surface area contributed by atoms with E-state index in [4.69, 9.17) is 4.74 Å². The Bertz CT molecular complexity index is 854. The number of carbonyl (C=O) groups excluding carboxylic acids is 1. The quantitative estimate of drug-likeness (QED) is 0.868. The average Bonchev–Trinajstić information content (AvgIpc) is 2.63. The fourth-order valence-electron chi connectivity index (χ4n) is 2.91. The maximum Gasteiger partial charge on any atom is 0.242 e. The van der Waals surface area contributed by atoms with Gasteiger partial charge in [-0.3, -0.25) is 4.79 Å². The zero-order chi connectivity index (χ0) is 18.6. The number of para-hydroxylation sites is 1. The van der Waals surface area contributed by atoms with E-state index < -0.39 is 16.1 Å². The zero-order valence-electron chi connectivity index (χ0n) is 14.5. The Balaban J connectivity index is 1.65. The van der Waals surface area contributed by atoms with Crippen molar-refractivity contribution < 1.29 is 17.9 Å². The lowest BCUT2D eigenvalue weighted by atomic mass is 10.0. The molecule has 26 heavy (non-hydrogen) atoms. The molecule has 0 radical (unpaired) electrons. The molecule has 1 saturated heterocycles. The van der Waals surface area contributed by atoms with E-state index in [1.54, 1.807) is 12.1 Å². The second-order valence-corrected chi connectivity index (χ2v) is 8.11. The van der Waals surface area contributed by atoms with Gasteiger partial charge >= 0.3 is 0 Å². The standard InChI is InChI=1S/C18H21N3O4S/c1-26(23,24)21-12-6-5-9-16(21)18(22)20-14-10-11-17(19-13-14)25-15-7-3-2-4-8-15/h2-4,7-8,10-11,13,16H,5-6,9,12H2,1H3,(H,20,22)/t16-/m0/s1. The van der Waals surface area contributed by atoms with Crippen LogP contribution in [0.25, 0.3) is 0 Å². The number of carbonyl (C=O) groups is 1. The summed E-state index contributed by atoms with van der Waals surface area (Å²) in [7, 11) is -3.42. The summed E-state index contributed by atoms with van der Waals surface area (Å²) < 4.78 is 30.7. The van der Waals surface area contributed by atoms with Crippen molar-refractivity contribution in [1.82, 2.24) is 9.29 Å². The van der Waals surface area contributed by atoms with E-state index in [0.29, 0.717) is 30.3 Å². The number of ether oxygens (including phenoxy) is 1. The summed E-state index contributed by atoms with van der Waals surface area (Å²) in [6.07, 6.45) is 4.73. The van der Waals surface area contributed by atoms with Gasteiger partial charge in [0.1, 0.15) is 11.8 Å². The normalized spacial score (nSPS) is 18.3. The van der Waals surface area contributed by atoms with Crippen LogP contribution in [0.2, 0.25) is 0 Å². The smallest absolute Gasteiger partial charge is 0.242 e. The first-order valence-corrected chi connectivity index (χ1v) is 10.2. The molecule has 138 valence electrons. The summed E-state index contributed by atoms with van der Waals surface area (Å²) in [5, 5.41) is 2.74. The number of anilines is 1. The number of amides is 1. The van der Waals surface area contributed by atoms with Crippen LogP contribution < -0.4 is 10.1 Å². The van der Waals surface area contributed by atoms with Crippen LogP contribution in [0.15, 0.2) is 48.7 Å². The number of pyridine rings is 1. The second-order valence-electron chi connectivity index (χ2n) is 6.17. The highest BCUT2D eigenvalue weighted by atomic mass is 32.2. The lowest BCUT2D eigenvalue weighted by Crippen LogP contribution is -2.49. The minimum atomic E-state index is -3.42. The SMILES string of the molecule is CS(=O)(=O)N1CCCC[C@H]1C(=O)Nc1ccc(Oc2ccccc2)nc1. The number of hydrogen-bond acceptors (Lipinski definition) is 5. The summed E-state index contributed by atoms with van der Waals surface area (Å²) in [6.45, 7) is 0.374. The molecule has 1 atom stereocenters. The van der Waals surface area contributed by atoms with Crippen LogP contribution in [0, 0.1) is 0 Å². The van der Waals surface area contributed by atoms with Gasteiger partial charge in [-0.1, -0.05) is 24.6 Å². The van der Waals surface area contributed by atoms with E-state index >= 15 is 0 Å². The molecular formula is C18H21N3O4S. The van der Waals surface area contributed by atoms with Gasteiger partial charge in [0.25, 0.3) is 0 Å². The van der Waals surface area contributed by atoms with Gasteiger partial charge in [0.15, 0.2) is 0 Å². The molecule has 1 N–H and O–H groups in total. The van der Waals surface area contributed by atoms with Gasteiger partial charge in [-0.05, 0) is 31.0 Å². The molecule has 8 heteroatoms. The Hall–Kier alpha value is -2.45. The fraction of sp³-hybridized carbons (Fsp3) is 0.333. The molecule has 1 aromatic heterocycles. The van der Waals surface area contributed by atoms with Crippen molar-refractivity contribution in [2.24, 2.45) is 0 Å². The number of sulfonamides is 1. The van der Waals surface area contributed by atoms with E-state index in [-0.39, 0.29) is 5.91 Å². The number of nitrogens with one attached hydrogen (secondary N) is 1. The molecule has 1 aliphatic rings. The number of aromatic nitrogens is 1. The van der Waals surface area contributed by atoms with Crippen molar-refractivity contribution in [3.05, 3.63) is 48.7 Å². The first-order valence-electron chi connectivity index (χ1n) is 8.40. The predicted octanol–water partition coefficient (Wildman–Crippen LogP) is 2.63. The molecule has 2 heterocycles. The molecule has 2 aromatic rings. The third kappa shape index (κ3) is 4.59. The number of hydrogen-bond donors (Lipinski definition) is 1. The van der Waals surface area contributed by atoms with Crippen molar-refractivity contribution in [2.75, 3.05) is 18.1 Å². The first kappa shape index (κ1) is 18.3. The van der Waals surface area contributed by atoms with Gasteiger partial charge in [0.05, 0.1) is 18.1 Å². The summed E-state index contributed by atoms with van der Waals surface area (Å²) >= 11 is 0. The van der Waals surface area contributed by atoms with E-state index in [0.717, 1.165) is 19.1 Å². The van der Waals surface area contributed by atoms with E-state index in [1.807, 2.05) is 30.3 Å². The monoisotopic (exact) mass is 375 g/mol. The lowest BCUT2D eigenvalue weighted by Gasteiger charge is -2.32. The topological polar surface area (TPSA) is 88.6 Å². The summed E-state index contributed by atoms with van der Waals surface area (Å²) in [4.78, 5) is 16.7. The minimum Gasteiger partial charge on any atom is -0.439 e. The van der Waals surface area contributed by atoms with Crippen molar-refractivity contribution in [3.8, 4) is 11.6 Å². The van der Waals surface area contributed by atoms with Crippen molar-refractivity contribution in [3.63, 3.8) is 0 Å². The molecule has 3 rings (SSSR count). The van der Waals surface area contributed by atoms with Gasteiger partial charge in [0.2, 0.25) is 21.8 Å². The minimum absolute atomic E-state index is 0.339. The Morgan fingerprint density at radius 2 is 1.96 bits per heavy atom. The summed E-state index contributed by atoms with van der Waals surface area (Å²) in [5.74, 6) is 0.737. The van der Waals surface area contributed by atoms with Crippen LogP contribution in [-0.4, -0.2) is 42.5 Å². The van der Waals surface area contributed by atoms with Crippen molar-refractivity contribution >= 4 is 21.6 Å². The van der Waals surface area contributed by atoms with Crippen molar-refractivity contribution in [2.45, 2.75) is 25.3 Å². The van der Waals surface area contributed by atoms with Gasteiger partial charge < -0.3 is 10.1 Å². The highest BCUT2D eigenvalue weighted by Gasteiger charge is 2.34. The molecule has 0 bridgehead atoms. The van der Waals surface area contributed by atoms with Gasteiger partial charge in [-0.25, -0.2) is 13.4 Å². The predicted molar refractivity (Wildman–Crippen MR) is 98.6 cm³/mol. The molecular weight excluding hydrogens is 354 g/mol. The average molecular weight is 375 g/mol. The highest BCUT2D eigenvalue weighted by Crippen LogP contribution is 2.23. The van der Waals surface area contributed by atoms with Crippen LogP contribution in [0.3, 0.4) is 0 Å². The number of benzene rings is 1. The Kier molecular flexibility index (Phi) is 5.53. The third-order valence-corrected chi connectivity index (χ3v) is 5.44. The Morgan fingerprint density at radius 3 is 2.62 bits per heavy atom. The first-order chi connectivity index (χ1) is 12.4. The van der Waals surface area contributed by atoms with Gasteiger partial charge in [0, 0.05) is 12.6 Å². The molecule has 0 saturated carbocycles. The molecule has 1 aliphatic heterocycles. The van der Waals surface area contributed by atoms with Crippen LogP contribution in [-0.2, 0) is 14.8 Å². The largest absolute Gasteiger partial charge is 0.439 e. The van der Waals surface area contributed by atoms with Gasteiger partial charge in [-0.15, -0.1) is 0 Å². The molecule has 1 amide bonds. The fourth-order valence-corrected chi connectivity index (χ4v) is 4.04. The Labute approximate surface area is 153 Å². The molecule has 0 aliphatic carbocycles. The van der Waals surface area contributed by atoms with Gasteiger partial charge in [-0.2, -0.15) is 4.31 Å². The Morgan fingerprint density at radius 1 is 1.19 bits per heavy atom. The van der Waals surface area contributed by atoms with Crippen LogP contribution in [0.4, 0.5) is 5.69 Å². The molecule has 0 unspecified atom stereocenters. The number of nitrogens with zero attached hydrogens (tertiary/aromatic N) is 2.